The molecule has 2 aliphatic rings. The van der Waals surface area contributed by atoms with E-state index in [9.17, 15) is 19.2 Å². The third kappa shape index (κ3) is 7.62. The average Bonchev–Trinajstić information content (AvgIpc) is 4.08. The maximum Gasteiger partial charge on any atom is 0.277 e. The highest BCUT2D eigenvalue weighted by Crippen LogP contribution is 2.29. The predicted molar refractivity (Wildman–Crippen MR) is 211 cm³/mol. The zero-order valence-corrected chi connectivity index (χ0v) is 30.3. The van der Waals surface area contributed by atoms with Crippen molar-refractivity contribution in [2.75, 3.05) is 23.7 Å². The lowest BCUT2D eigenvalue weighted by Crippen LogP contribution is -2.43. The van der Waals surface area contributed by atoms with Crippen molar-refractivity contribution in [1.82, 2.24) is 19.8 Å². The Kier molecular flexibility index (Phi) is 10.3. The van der Waals surface area contributed by atoms with E-state index in [4.69, 9.17) is 8.83 Å². The number of oxazole rings is 2. The van der Waals surface area contributed by atoms with Crippen LogP contribution in [0.25, 0.3) is 34.8 Å². The number of amides is 4. The molecule has 2 N–H and O–H groups in total. The monoisotopic (exact) mass is 746 g/mol. The van der Waals surface area contributed by atoms with Crippen LogP contribution < -0.4 is 10.6 Å². The van der Waals surface area contributed by atoms with E-state index in [0.29, 0.717) is 61.7 Å². The molecule has 0 bridgehead atoms. The molecule has 0 aliphatic carbocycles. The standard InChI is InChI=1S/C44H38N6O6/c51-41(35-13-7-25-49(35)43(53)37-39(55-27-45-37)31-9-3-1-4-10-31)47-33-21-17-29(18-22-33)15-16-30-19-23-34(24-20-30)48-42(52)36-14-8-26-50(36)44(54)38-40(56-28-46-38)32-11-5-2-6-12-32/h1-6,9-12,15-24,27-28,35-36H,7-8,13-14,25-26H2,(H,47,51)(H,48,52)/t35-,36-/m0/s1. The van der Waals surface area contributed by atoms with Crippen molar-refractivity contribution in [1.29, 1.82) is 0 Å². The first-order valence-electron chi connectivity index (χ1n) is 18.5. The van der Waals surface area contributed by atoms with Crippen LogP contribution in [0.2, 0.25) is 0 Å². The van der Waals surface area contributed by atoms with E-state index in [2.05, 4.69) is 20.6 Å². The molecule has 4 amide bonds. The van der Waals surface area contributed by atoms with Crippen LogP contribution in [-0.2, 0) is 9.59 Å². The fourth-order valence-electron chi connectivity index (χ4n) is 7.22. The second-order valence-electron chi connectivity index (χ2n) is 13.7. The molecule has 12 heteroatoms. The van der Waals surface area contributed by atoms with Crippen molar-refractivity contribution in [3.63, 3.8) is 0 Å². The number of nitrogens with one attached hydrogen (secondary N) is 2. The molecule has 4 heterocycles. The summed E-state index contributed by atoms with van der Waals surface area (Å²) >= 11 is 0. The lowest BCUT2D eigenvalue weighted by Gasteiger charge is -2.23. The summed E-state index contributed by atoms with van der Waals surface area (Å²) < 4.78 is 11.1. The Morgan fingerprint density at radius 3 is 1.34 bits per heavy atom. The first-order valence-corrected chi connectivity index (χ1v) is 18.5. The van der Waals surface area contributed by atoms with Crippen LogP contribution in [0, 0.1) is 0 Å². The van der Waals surface area contributed by atoms with Crippen LogP contribution in [0.5, 0.6) is 0 Å². The second-order valence-corrected chi connectivity index (χ2v) is 13.7. The van der Waals surface area contributed by atoms with E-state index in [-0.39, 0.29) is 35.0 Å². The van der Waals surface area contributed by atoms with Gasteiger partial charge in [0.1, 0.15) is 12.1 Å². The maximum atomic E-state index is 13.5. The number of likely N-dealkylation sites (tertiary alicyclic amines) is 2. The number of carbonyl (C=O) groups is 4. The molecule has 280 valence electrons. The summed E-state index contributed by atoms with van der Waals surface area (Å²) in [5.74, 6) is -0.404. The summed E-state index contributed by atoms with van der Waals surface area (Å²) in [5, 5.41) is 5.93. The minimum atomic E-state index is -0.623. The van der Waals surface area contributed by atoms with Gasteiger partial charge in [0.25, 0.3) is 11.8 Å². The summed E-state index contributed by atoms with van der Waals surface area (Å²) in [6.45, 7) is 0.909. The van der Waals surface area contributed by atoms with Gasteiger partial charge in [-0.2, -0.15) is 0 Å². The first-order chi connectivity index (χ1) is 27.4. The first kappa shape index (κ1) is 35.9. The van der Waals surface area contributed by atoms with Gasteiger partial charge in [0.15, 0.2) is 35.7 Å². The molecule has 0 radical (unpaired) electrons. The lowest BCUT2D eigenvalue weighted by molar-refractivity contribution is -0.120. The van der Waals surface area contributed by atoms with Gasteiger partial charge in [0.2, 0.25) is 11.8 Å². The number of hydrogen-bond acceptors (Lipinski definition) is 8. The Morgan fingerprint density at radius 1 is 0.554 bits per heavy atom. The van der Waals surface area contributed by atoms with E-state index >= 15 is 0 Å². The Bertz CT molecular complexity index is 2200. The Labute approximate surface area is 322 Å². The maximum absolute atomic E-state index is 13.5. The molecule has 56 heavy (non-hydrogen) atoms. The van der Waals surface area contributed by atoms with Crippen LogP contribution in [0.15, 0.2) is 131 Å². The van der Waals surface area contributed by atoms with Gasteiger partial charge < -0.3 is 29.3 Å². The molecule has 2 aliphatic heterocycles. The number of rotatable bonds is 10. The van der Waals surface area contributed by atoms with Crippen molar-refractivity contribution >= 4 is 47.2 Å². The van der Waals surface area contributed by atoms with E-state index in [1.165, 1.54) is 12.8 Å². The predicted octanol–water partition coefficient (Wildman–Crippen LogP) is 7.65. The van der Waals surface area contributed by atoms with Crippen LogP contribution in [0.3, 0.4) is 0 Å². The molecule has 0 unspecified atom stereocenters. The molecular weight excluding hydrogens is 709 g/mol. The molecule has 12 nitrogen and oxygen atoms in total. The number of hydrogen-bond donors (Lipinski definition) is 2. The molecule has 2 atom stereocenters. The quantitative estimate of drug-likeness (QED) is 0.136. The fraction of sp³-hybridized carbons (Fsp3) is 0.182. The topological polar surface area (TPSA) is 151 Å². The SMILES string of the molecule is O=C(Nc1ccc(C=Cc2ccc(NC(=O)[C@@H]3CCCN3C(=O)c3ncoc3-c3ccccc3)cc2)cc1)[C@@H]1CCCN1C(=O)c1ncoc1-c1ccccc1. The third-order valence-corrected chi connectivity index (χ3v) is 10.1. The van der Waals surface area contributed by atoms with Gasteiger partial charge in [0.05, 0.1) is 0 Å². The normalized spacial score (nSPS) is 16.6. The highest BCUT2D eigenvalue weighted by Gasteiger charge is 2.38. The van der Waals surface area contributed by atoms with Crippen LogP contribution in [0.1, 0.15) is 57.8 Å². The molecule has 2 fully saturated rings. The van der Waals surface area contributed by atoms with Crippen molar-refractivity contribution in [3.05, 3.63) is 144 Å². The summed E-state index contributed by atoms with van der Waals surface area (Å²) in [7, 11) is 0. The van der Waals surface area contributed by atoms with Gasteiger partial charge in [-0.25, -0.2) is 9.97 Å². The number of nitrogens with zero attached hydrogens (tertiary/aromatic N) is 4. The van der Waals surface area contributed by atoms with Gasteiger partial charge in [-0.3, -0.25) is 19.2 Å². The van der Waals surface area contributed by atoms with Crippen molar-refractivity contribution in [2.45, 2.75) is 37.8 Å². The van der Waals surface area contributed by atoms with E-state index < -0.39 is 12.1 Å². The highest BCUT2D eigenvalue weighted by atomic mass is 16.3. The zero-order valence-electron chi connectivity index (χ0n) is 30.3. The fourth-order valence-corrected chi connectivity index (χ4v) is 7.22. The zero-order chi connectivity index (χ0) is 38.4. The average molecular weight is 747 g/mol. The number of carbonyl (C=O) groups excluding carboxylic acids is 4. The van der Waals surface area contributed by atoms with E-state index in [0.717, 1.165) is 22.3 Å². The van der Waals surface area contributed by atoms with Gasteiger partial charge in [-0.05, 0) is 61.1 Å². The Morgan fingerprint density at radius 2 is 0.946 bits per heavy atom. The van der Waals surface area contributed by atoms with E-state index in [1.807, 2.05) is 121 Å². The molecule has 0 spiro atoms. The second kappa shape index (κ2) is 16.1. The largest absolute Gasteiger partial charge is 0.443 e. The molecule has 4 aromatic carbocycles. The minimum Gasteiger partial charge on any atom is -0.443 e. The molecule has 2 aromatic heterocycles. The number of anilines is 2. The van der Waals surface area contributed by atoms with Crippen molar-refractivity contribution in [2.24, 2.45) is 0 Å². The molecule has 6 aromatic rings. The van der Waals surface area contributed by atoms with Gasteiger partial charge in [-0.1, -0.05) is 97.1 Å². The van der Waals surface area contributed by atoms with Gasteiger partial charge in [-0.15, -0.1) is 0 Å². The van der Waals surface area contributed by atoms with E-state index in [1.54, 1.807) is 9.80 Å². The number of aromatic nitrogens is 2. The Balaban J connectivity index is 0.847. The lowest BCUT2D eigenvalue weighted by atomic mass is 10.1. The molecule has 2 saturated heterocycles. The Hall–Kier alpha value is -7.08. The number of benzene rings is 4. The minimum absolute atomic E-state index is 0.192. The molecular formula is C44H38N6O6. The van der Waals surface area contributed by atoms with Gasteiger partial charge in [0, 0.05) is 35.6 Å². The van der Waals surface area contributed by atoms with Crippen molar-refractivity contribution < 1.29 is 28.0 Å². The summed E-state index contributed by atoms with van der Waals surface area (Å²) in [6, 6.07) is 32.3. The summed E-state index contributed by atoms with van der Waals surface area (Å²) in [6.07, 6.45) is 8.94. The molecule has 8 rings (SSSR count). The summed E-state index contributed by atoms with van der Waals surface area (Å²) in [4.78, 5) is 65.3. The van der Waals surface area contributed by atoms with Crippen LogP contribution in [0.4, 0.5) is 11.4 Å². The highest BCUT2D eigenvalue weighted by molar-refractivity contribution is 6.04. The van der Waals surface area contributed by atoms with Crippen LogP contribution in [-0.4, -0.2) is 68.6 Å². The summed E-state index contributed by atoms with van der Waals surface area (Å²) in [5.41, 5.74) is 4.96. The smallest absolute Gasteiger partial charge is 0.277 e. The van der Waals surface area contributed by atoms with Gasteiger partial charge >= 0.3 is 0 Å². The third-order valence-electron chi connectivity index (χ3n) is 10.1. The molecule has 0 saturated carbocycles. The van der Waals surface area contributed by atoms with Crippen molar-refractivity contribution in [3.8, 4) is 22.6 Å². The van der Waals surface area contributed by atoms with Crippen LogP contribution >= 0.6 is 0 Å².